The number of furan rings is 1. The predicted molar refractivity (Wildman–Crippen MR) is 95.7 cm³/mol. The molecule has 114 valence electrons. The lowest BCUT2D eigenvalue weighted by Crippen LogP contribution is -2.10. The summed E-state index contributed by atoms with van der Waals surface area (Å²) in [5.41, 5.74) is 5.15. The van der Waals surface area contributed by atoms with E-state index in [1.807, 2.05) is 24.4 Å². The van der Waals surface area contributed by atoms with Crippen LogP contribution in [0.2, 0.25) is 0 Å². The van der Waals surface area contributed by atoms with E-state index in [0.717, 1.165) is 27.8 Å². The van der Waals surface area contributed by atoms with Crippen LogP contribution in [0, 0.1) is 0 Å². The standard InChI is InChI=1S/C21H19NO/c1-21(2,3)17-11-7-9-15-14-8-6-10-16(19(14)23-20(15)17)18-12-4-5-13-22-18/h4-13H,1-3H3. The number of nitrogens with zero attached hydrogens (tertiary/aromatic N) is 1. The van der Waals surface area contributed by atoms with Crippen LogP contribution in [0.3, 0.4) is 0 Å². The lowest BCUT2D eigenvalue weighted by molar-refractivity contribution is 0.573. The van der Waals surface area contributed by atoms with Crippen LogP contribution in [0.5, 0.6) is 0 Å². The van der Waals surface area contributed by atoms with Crippen LogP contribution >= 0.6 is 0 Å². The fourth-order valence-electron chi connectivity index (χ4n) is 3.13. The zero-order valence-corrected chi connectivity index (χ0v) is 13.6. The zero-order chi connectivity index (χ0) is 16.0. The fraction of sp³-hybridized carbons (Fsp3) is 0.190. The molecule has 2 nitrogen and oxygen atoms in total. The first-order chi connectivity index (χ1) is 11.1. The molecule has 0 saturated heterocycles. The minimum atomic E-state index is 0.0402. The molecule has 0 unspecified atom stereocenters. The highest BCUT2D eigenvalue weighted by Crippen LogP contribution is 2.39. The summed E-state index contributed by atoms with van der Waals surface area (Å²) in [6.45, 7) is 6.65. The number of benzene rings is 2. The van der Waals surface area contributed by atoms with Crippen molar-refractivity contribution >= 4 is 21.9 Å². The monoisotopic (exact) mass is 301 g/mol. The van der Waals surface area contributed by atoms with Crippen LogP contribution in [0.25, 0.3) is 33.2 Å². The van der Waals surface area contributed by atoms with Gasteiger partial charge in [0.25, 0.3) is 0 Å². The normalized spacial score (nSPS) is 12.1. The maximum absolute atomic E-state index is 6.36. The highest BCUT2D eigenvalue weighted by Gasteiger charge is 2.21. The topological polar surface area (TPSA) is 26.0 Å². The number of hydrogen-bond donors (Lipinski definition) is 0. The summed E-state index contributed by atoms with van der Waals surface area (Å²) in [5, 5.41) is 2.32. The summed E-state index contributed by atoms with van der Waals surface area (Å²) in [7, 11) is 0. The second-order valence-corrected chi connectivity index (χ2v) is 6.93. The molecule has 2 heteroatoms. The van der Waals surface area contributed by atoms with Gasteiger partial charge in [0.05, 0.1) is 5.69 Å². The van der Waals surface area contributed by atoms with E-state index in [0.29, 0.717) is 0 Å². The molecular formula is C21H19NO. The van der Waals surface area contributed by atoms with Gasteiger partial charge in [-0.2, -0.15) is 0 Å². The Balaban J connectivity index is 2.10. The molecule has 0 atom stereocenters. The molecule has 0 aliphatic rings. The first-order valence-electron chi connectivity index (χ1n) is 7.92. The van der Waals surface area contributed by atoms with Gasteiger partial charge in [0, 0.05) is 28.1 Å². The van der Waals surface area contributed by atoms with Gasteiger partial charge in [-0.05, 0) is 23.6 Å². The number of aromatic nitrogens is 1. The lowest BCUT2D eigenvalue weighted by Gasteiger charge is -2.18. The van der Waals surface area contributed by atoms with Crippen molar-refractivity contribution in [1.82, 2.24) is 4.98 Å². The van der Waals surface area contributed by atoms with Crippen molar-refractivity contribution in [2.75, 3.05) is 0 Å². The van der Waals surface area contributed by atoms with Crippen molar-refractivity contribution in [2.24, 2.45) is 0 Å². The Kier molecular flexibility index (Phi) is 3.02. The van der Waals surface area contributed by atoms with E-state index >= 15 is 0 Å². The molecule has 2 heterocycles. The number of fused-ring (bicyclic) bond motifs is 3. The van der Waals surface area contributed by atoms with E-state index in [-0.39, 0.29) is 5.41 Å². The molecule has 0 spiro atoms. The van der Waals surface area contributed by atoms with Crippen LogP contribution < -0.4 is 0 Å². The van der Waals surface area contributed by atoms with Gasteiger partial charge in [-0.3, -0.25) is 4.98 Å². The average molecular weight is 301 g/mol. The van der Waals surface area contributed by atoms with Gasteiger partial charge in [-0.15, -0.1) is 0 Å². The van der Waals surface area contributed by atoms with Crippen LogP contribution in [0.15, 0.2) is 65.2 Å². The Labute approximate surface area is 135 Å². The van der Waals surface area contributed by atoms with E-state index in [9.17, 15) is 0 Å². The number of hydrogen-bond acceptors (Lipinski definition) is 2. The summed E-state index contributed by atoms with van der Waals surface area (Å²) in [5.74, 6) is 0. The molecule has 4 aromatic rings. The van der Waals surface area contributed by atoms with Crippen molar-refractivity contribution in [3.63, 3.8) is 0 Å². The lowest BCUT2D eigenvalue weighted by atomic mass is 9.86. The van der Waals surface area contributed by atoms with Crippen LogP contribution in [-0.2, 0) is 5.41 Å². The third-order valence-corrected chi connectivity index (χ3v) is 4.27. The van der Waals surface area contributed by atoms with Crippen molar-refractivity contribution < 1.29 is 4.42 Å². The van der Waals surface area contributed by atoms with Gasteiger partial charge >= 0.3 is 0 Å². The minimum absolute atomic E-state index is 0.0402. The average Bonchev–Trinajstić information content (AvgIpc) is 2.93. The SMILES string of the molecule is CC(C)(C)c1cccc2c1oc1c(-c3ccccn3)cccc12. The van der Waals surface area contributed by atoms with Crippen molar-refractivity contribution in [3.05, 3.63) is 66.4 Å². The van der Waals surface area contributed by atoms with Gasteiger partial charge in [0.1, 0.15) is 11.2 Å². The smallest absolute Gasteiger partial charge is 0.144 e. The first kappa shape index (κ1) is 14.0. The van der Waals surface area contributed by atoms with E-state index < -0.39 is 0 Å². The largest absolute Gasteiger partial charge is 0.455 e. The van der Waals surface area contributed by atoms with Gasteiger partial charge in [0.2, 0.25) is 0 Å². The fourth-order valence-corrected chi connectivity index (χ4v) is 3.13. The maximum atomic E-state index is 6.36. The molecule has 4 rings (SSSR count). The maximum Gasteiger partial charge on any atom is 0.144 e. The summed E-state index contributed by atoms with van der Waals surface area (Å²) in [4.78, 5) is 4.48. The Morgan fingerprint density at radius 3 is 2.22 bits per heavy atom. The van der Waals surface area contributed by atoms with Crippen LogP contribution in [0.1, 0.15) is 26.3 Å². The minimum Gasteiger partial charge on any atom is -0.455 e. The molecule has 0 aliphatic heterocycles. The summed E-state index contributed by atoms with van der Waals surface area (Å²) in [6.07, 6.45) is 1.82. The van der Waals surface area contributed by atoms with E-state index in [4.69, 9.17) is 4.42 Å². The summed E-state index contributed by atoms with van der Waals surface area (Å²) in [6, 6.07) is 18.6. The Bertz CT molecular complexity index is 991. The van der Waals surface area contributed by atoms with Gasteiger partial charge < -0.3 is 4.42 Å². The third-order valence-electron chi connectivity index (χ3n) is 4.27. The van der Waals surface area contributed by atoms with E-state index in [2.05, 4.69) is 62.2 Å². The zero-order valence-electron chi connectivity index (χ0n) is 13.6. The molecule has 0 radical (unpaired) electrons. The number of para-hydroxylation sites is 2. The highest BCUT2D eigenvalue weighted by molar-refractivity contribution is 6.10. The molecule has 0 aliphatic carbocycles. The molecule has 0 amide bonds. The number of rotatable bonds is 1. The van der Waals surface area contributed by atoms with Crippen LogP contribution in [-0.4, -0.2) is 4.98 Å². The predicted octanol–water partition coefficient (Wildman–Crippen LogP) is 5.95. The molecule has 0 fully saturated rings. The Morgan fingerprint density at radius 1 is 0.783 bits per heavy atom. The second kappa shape index (κ2) is 4.95. The van der Waals surface area contributed by atoms with Gasteiger partial charge in [-0.1, -0.05) is 57.2 Å². The molecule has 2 aromatic carbocycles. The quantitative estimate of drug-likeness (QED) is 0.434. The van der Waals surface area contributed by atoms with Crippen molar-refractivity contribution in [2.45, 2.75) is 26.2 Å². The van der Waals surface area contributed by atoms with E-state index in [1.165, 1.54) is 10.9 Å². The number of pyridine rings is 1. The molecule has 2 aromatic heterocycles. The third kappa shape index (κ3) is 2.22. The first-order valence-corrected chi connectivity index (χ1v) is 7.92. The Hall–Kier alpha value is -2.61. The Morgan fingerprint density at radius 2 is 1.52 bits per heavy atom. The molecule has 0 N–H and O–H groups in total. The van der Waals surface area contributed by atoms with Crippen molar-refractivity contribution in [1.29, 1.82) is 0 Å². The second-order valence-electron chi connectivity index (χ2n) is 6.93. The van der Waals surface area contributed by atoms with E-state index in [1.54, 1.807) is 0 Å². The van der Waals surface area contributed by atoms with Crippen LogP contribution in [0.4, 0.5) is 0 Å². The molecule has 0 bridgehead atoms. The highest BCUT2D eigenvalue weighted by atomic mass is 16.3. The van der Waals surface area contributed by atoms with Gasteiger partial charge in [-0.25, -0.2) is 0 Å². The van der Waals surface area contributed by atoms with Crippen molar-refractivity contribution in [3.8, 4) is 11.3 Å². The molecule has 0 saturated carbocycles. The molecular weight excluding hydrogens is 282 g/mol. The van der Waals surface area contributed by atoms with Gasteiger partial charge in [0.15, 0.2) is 0 Å². The summed E-state index contributed by atoms with van der Waals surface area (Å²) < 4.78 is 6.36. The summed E-state index contributed by atoms with van der Waals surface area (Å²) >= 11 is 0. The molecule has 23 heavy (non-hydrogen) atoms.